The van der Waals surface area contributed by atoms with E-state index in [0.29, 0.717) is 25.6 Å². The van der Waals surface area contributed by atoms with Crippen molar-refractivity contribution in [2.45, 2.75) is 45.2 Å². The van der Waals surface area contributed by atoms with Crippen molar-refractivity contribution in [3.63, 3.8) is 0 Å². The van der Waals surface area contributed by atoms with Gasteiger partial charge in [-0.15, -0.1) is 0 Å². The third-order valence-electron chi connectivity index (χ3n) is 3.06. The van der Waals surface area contributed by atoms with Crippen LogP contribution in [0.1, 0.15) is 33.1 Å². The fourth-order valence-electron chi connectivity index (χ4n) is 2.12. The molecule has 1 amide bonds. The molecule has 1 N–H and O–H groups in total. The van der Waals surface area contributed by atoms with Gasteiger partial charge in [0.25, 0.3) is 0 Å². The largest absolute Gasteiger partial charge is 0.383 e. The first-order valence-corrected chi connectivity index (χ1v) is 6.17. The summed E-state index contributed by atoms with van der Waals surface area (Å²) < 4.78 is 5.03. The number of hydrogen-bond donors (Lipinski definition) is 1. The molecule has 0 bridgehead atoms. The lowest BCUT2D eigenvalue weighted by atomic mass is 10.1. The van der Waals surface area contributed by atoms with Crippen LogP contribution in [0.4, 0.5) is 0 Å². The first-order valence-electron chi connectivity index (χ1n) is 6.17. The standard InChI is InChI=1S/C12H24N2O2/c1-10(2)14(7-8-16-3)12(15)9-11-5-4-6-13-11/h10-11,13H,4-9H2,1-3H3. The fourth-order valence-corrected chi connectivity index (χ4v) is 2.12. The highest BCUT2D eigenvalue weighted by atomic mass is 16.5. The molecule has 1 aliphatic heterocycles. The van der Waals surface area contributed by atoms with E-state index < -0.39 is 0 Å². The molecule has 1 saturated heterocycles. The zero-order valence-corrected chi connectivity index (χ0v) is 10.7. The van der Waals surface area contributed by atoms with Crippen LogP contribution in [-0.4, -0.2) is 49.7 Å². The molecule has 0 aliphatic carbocycles. The van der Waals surface area contributed by atoms with Crippen molar-refractivity contribution in [1.29, 1.82) is 0 Å². The number of methoxy groups -OCH3 is 1. The van der Waals surface area contributed by atoms with E-state index in [1.807, 2.05) is 4.90 Å². The number of carbonyl (C=O) groups is 1. The van der Waals surface area contributed by atoms with Gasteiger partial charge in [-0.05, 0) is 33.2 Å². The molecular weight excluding hydrogens is 204 g/mol. The van der Waals surface area contributed by atoms with E-state index in [4.69, 9.17) is 4.74 Å². The van der Waals surface area contributed by atoms with Crippen molar-refractivity contribution in [1.82, 2.24) is 10.2 Å². The van der Waals surface area contributed by atoms with Gasteiger partial charge in [-0.3, -0.25) is 4.79 Å². The Morgan fingerprint density at radius 3 is 2.81 bits per heavy atom. The zero-order chi connectivity index (χ0) is 12.0. The maximum absolute atomic E-state index is 12.1. The second kappa shape index (κ2) is 6.86. The molecule has 1 atom stereocenters. The molecule has 0 radical (unpaired) electrons. The summed E-state index contributed by atoms with van der Waals surface area (Å²) in [4.78, 5) is 14.0. The van der Waals surface area contributed by atoms with E-state index in [2.05, 4.69) is 19.2 Å². The lowest BCUT2D eigenvalue weighted by molar-refractivity contribution is -0.134. The van der Waals surface area contributed by atoms with Crippen LogP contribution in [0.2, 0.25) is 0 Å². The van der Waals surface area contributed by atoms with Crippen molar-refractivity contribution in [3.8, 4) is 0 Å². The van der Waals surface area contributed by atoms with Gasteiger partial charge >= 0.3 is 0 Å². The summed E-state index contributed by atoms with van der Waals surface area (Å²) >= 11 is 0. The number of hydrogen-bond acceptors (Lipinski definition) is 3. The second-order valence-corrected chi connectivity index (χ2v) is 4.67. The first-order chi connectivity index (χ1) is 7.65. The summed E-state index contributed by atoms with van der Waals surface area (Å²) in [5, 5.41) is 3.36. The molecule has 1 fully saturated rings. The highest BCUT2D eigenvalue weighted by Crippen LogP contribution is 2.11. The average molecular weight is 228 g/mol. The molecular formula is C12H24N2O2. The van der Waals surface area contributed by atoms with Crippen molar-refractivity contribution in [2.24, 2.45) is 0 Å². The number of nitrogens with zero attached hydrogens (tertiary/aromatic N) is 1. The van der Waals surface area contributed by atoms with E-state index >= 15 is 0 Å². The second-order valence-electron chi connectivity index (χ2n) is 4.67. The van der Waals surface area contributed by atoms with E-state index in [0.717, 1.165) is 13.0 Å². The van der Waals surface area contributed by atoms with E-state index in [9.17, 15) is 4.79 Å². The predicted molar refractivity (Wildman–Crippen MR) is 64.4 cm³/mol. The zero-order valence-electron chi connectivity index (χ0n) is 10.7. The van der Waals surface area contributed by atoms with Gasteiger partial charge in [0.15, 0.2) is 0 Å². The molecule has 1 rings (SSSR count). The van der Waals surface area contributed by atoms with E-state index in [1.54, 1.807) is 7.11 Å². The Labute approximate surface area is 98.3 Å². The fraction of sp³-hybridized carbons (Fsp3) is 0.917. The van der Waals surface area contributed by atoms with Crippen molar-refractivity contribution in [3.05, 3.63) is 0 Å². The third-order valence-corrected chi connectivity index (χ3v) is 3.06. The lowest BCUT2D eigenvalue weighted by Gasteiger charge is -2.27. The molecule has 1 unspecified atom stereocenters. The molecule has 0 saturated carbocycles. The molecule has 1 aliphatic rings. The minimum Gasteiger partial charge on any atom is -0.383 e. The molecule has 0 spiro atoms. The average Bonchev–Trinajstić information content (AvgIpc) is 2.70. The normalized spacial score (nSPS) is 20.4. The molecule has 0 aromatic carbocycles. The quantitative estimate of drug-likeness (QED) is 0.738. The van der Waals surface area contributed by atoms with Crippen molar-refractivity contribution in [2.75, 3.05) is 26.8 Å². The SMILES string of the molecule is COCCN(C(=O)CC1CCCN1)C(C)C. The van der Waals surface area contributed by atoms with Crippen molar-refractivity contribution >= 4 is 5.91 Å². The van der Waals surface area contributed by atoms with Crippen LogP contribution in [0, 0.1) is 0 Å². The van der Waals surface area contributed by atoms with Crippen LogP contribution in [0.3, 0.4) is 0 Å². The lowest BCUT2D eigenvalue weighted by Crippen LogP contribution is -2.41. The third kappa shape index (κ3) is 4.10. The topological polar surface area (TPSA) is 41.6 Å². The maximum Gasteiger partial charge on any atom is 0.224 e. The summed E-state index contributed by atoms with van der Waals surface area (Å²) in [6, 6.07) is 0.639. The number of ether oxygens (including phenoxy) is 1. The molecule has 0 aromatic rings. The summed E-state index contributed by atoms with van der Waals surface area (Å²) in [5.74, 6) is 0.242. The minimum absolute atomic E-state index is 0.242. The summed E-state index contributed by atoms with van der Waals surface area (Å²) in [6.07, 6.45) is 2.95. The van der Waals surface area contributed by atoms with Gasteiger partial charge in [0.05, 0.1) is 6.61 Å². The predicted octanol–water partition coefficient (Wildman–Crippen LogP) is 1.01. The van der Waals surface area contributed by atoms with Crippen LogP contribution in [0.25, 0.3) is 0 Å². The van der Waals surface area contributed by atoms with Gasteiger partial charge in [-0.2, -0.15) is 0 Å². The monoisotopic (exact) mass is 228 g/mol. The molecule has 1 heterocycles. The highest BCUT2D eigenvalue weighted by molar-refractivity contribution is 5.77. The van der Waals surface area contributed by atoms with Crippen molar-refractivity contribution < 1.29 is 9.53 Å². The summed E-state index contributed by atoms with van der Waals surface area (Å²) in [6.45, 7) is 6.46. The Balaban J connectivity index is 2.39. The number of amides is 1. The van der Waals surface area contributed by atoms with Crippen LogP contribution in [0.15, 0.2) is 0 Å². The molecule has 94 valence electrons. The molecule has 16 heavy (non-hydrogen) atoms. The first kappa shape index (κ1) is 13.5. The smallest absolute Gasteiger partial charge is 0.224 e. The number of nitrogens with one attached hydrogen (secondary N) is 1. The van der Waals surface area contributed by atoms with Crippen LogP contribution < -0.4 is 5.32 Å². The molecule has 4 heteroatoms. The Morgan fingerprint density at radius 1 is 1.56 bits per heavy atom. The number of rotatable bonds is 6. The van der Waals surface area contributed by atoms with Gasteiger partial charge in [0.2, 0.25) is 5.91 Å². The van der Waals surface area contributed by atoms with Gasteiger partial charge in [0, 0.05) is 32.2 Å². The maximum atomic E-state index is 12.1. The van der Waals surface area contributed by atoms with Crippen LogP contribution in [-0.2, 0) is 9.53 Å². The Hall–Kier alpha value is -0.610. The van der Waals surface area contributed by atoms with Gasteiger partial charge in [-0.25, -0.2) is 0 Å². The van der Waals surface area contributed by atoms with Gasteiger partial charge in [0.1, 0.15) is 0 Å². The Morgan fingerprint density at radius 2 is 2.31 bits per heavy atom. The Bertz CT molecular complexity index is 213. The summed E-state index contributed by atoms with van der Waals surface area (Å²) in [5.41, 5.74) is 0. The van der Waals surface area contributed by atoms with E-state index in [-0.39, 0.29) is 11.9 Å². The molecule has 4 nitrogen and oxygen atoms in total. The van der Waals surface area contributed by atoms with Crippen LogP contribution >= 0.6 is 0 Å². The molecule has 0 aromatic heterocycles. The highest BCUT2D eigenvalue weighted by Gasteiger charge is 2.22. The Kier molecular flexibility index (Phi) is 5.77. The van der Waals surface area contributed by atoms with Gasteiger partial charge < -0.3 is 15.0 Å². The minimum atomic E-state index is 0.242. The number of carbonyl (C=O) groups excluding carboxylic acids is 1. The van der Waals surface area contributed by atoms with E-state index in [1.165, 1.54) is 6.42 Å². The summed E-state index contributed by atoms with van der Waals surface area (Å²) in [7, 11) is 1.67. The van der Waals surface area contributed by atoms with Crippen LogP contribution in [0.5, 0.6) is 0 Å². The van der Waals surface area contributed by atoms with Gasteiger partial charge in [-0.1, -0.05) is 0 Å².